The van der Waals surface area contributed by atoms with Crippen LogP contribution in [0.15, 0.2) is 42.6 Å². The number of aliphatic carboxylic acids is 1. The molecule has 2 aromatic rings. The zero-order valence-electron chi connectivity index (χ0n) is 17.3. The smallest absolute Gasteiger partial charge is 0.477 e. The fourth-order valence-corrected chi connectivity index (χ4v) is 2.83. The van der Waals surface area contributed by atoms with Gasteiger partial charge < -0.3 is 25.3 Å². The van der Waals surface area contributed by atoms with Crippen molar-refractivity contribution >= 4 is 29.5 Å². The Kier molecular flexibility index (Phi) is 8.95. The van der Waals surface area contributed by atoms with Gasteiger partial charge in [-0.15, -0.1) is 0 Å². The quantitative estimate of drug-likeness (QED) is 0.580. The highest BCUT2D eigenvalue weighted by molar-refractivity contribution is 5.85. The fraction of sp³-hybridized carbons (Fsp3) is 0.350. The minimum Gasteiger partial charge on any atom is -0.477 e. The summed E-state index contributed by atoms with van der Waals surface area (Å²) in [4.78, 5) is 44.5. The molecule has 0 aliphatic carbocycles. The summed E-state index contributed by atoms with van der Waals surface area (Å²) in [5, 5.41) is 19.1. The van der Waals surface area contributed by atoms with Crippen molar-refractivity contribution in [1.29, 1.82) is 0 Å². The molecule has 1 fully saturated rings. The van der Waals surface area contributed by atoms with Gasteiger partial charge in [0.2, 0.25) is 5.91 Å². The number of amides is 1. The van der Waals surface area contributed by atoms with E-state index in [1.54, 1.807) is 18.3 Å². The lowest BCUT2D eigenvalue weighted by atomic mass is 10.2. The second kappa shape index (κ2) is 11.6. The standard InChI is InChI=1S/C18H21N5O3.C2HF3O2/c24-17(7-9-19-15-5-3-4-14(21-15)18(25)26)23-12-10-22(11-13-23)16-6-1-2-8-20-16;3-2(4,5)1(6)7/h1-6,8H,7,9-13H2,(H,19,21)(H,25,26);(H,6,7). The number of anilines is 2. The van der Waals surface area contributed by atoms with Gasteiger partial charge in [-0.1, -0.05) is 12.1 Å². The van der Waals surface area contributed by atoms with Gasteiger partial charge in [-0.3, -0.25) is 4.79 Å². The van der Waals surface area contributed by atoms with E-state index in [0.29, 0.717) is 31.9 Å². The normalized spacial score (nSPS) is 13.5. The Morgan fingerprint density at radius 2 is 1.67 bits per heavy atom. The van der Waals surface area contributed by atoms with E-state index in [9.17, 15) is 22.8 Å². The predicted molar refractivity (Wildman–Crippen MR) is 111 cm³/mol. The number of pyridine rings is 2. The number of alkyl halides is 3. The zero-order chi connectivity index (χ0) is 24.4. The number of carboxylic acids is 2. The van der Waals surface area contributed by atoms with E-state index < -0.39 is 18.1 Å². The number of piperazine rings is 1. The number of hydrogen-bond donors (Lipinski definition) is 3. The summed E-state index contributed by atoms with van der Waals surface area (Å²) < 4.78 is 31.7. The van der Waals surface area contributed by atoms with E-state index in [1.165, 1.54) is 6.07 Å². The van der Waals surface area contributed by atoms with Gasteiger partial charge in [-0.25, -0.2) is 19.6 Å². The number of rotatable bonds is 6. The monoisotopic (exact) mass is 469 g/mol. The second-order valence-corrected chi connectivity index (χ2v) is 6.75. The van der Waals surface area contributed by atoms with Crippen LogP contribution in [0.3, 0.4) is 0 Å². The van der Waals surface area contributed by atoms with Crippen LogP contribution in [0.1, 0.15) is 16.9 Å². The summed E-state index contributed by atoms with van der Waals surface area (Å²) in [6.45, 7) is 3.27. The molecule has 3 N–H and O–H groups in total. The molecule has 3 heterocycles. The van der Waals surface area contributed by atoms with Crippen molar-refractivity contribution in [3.05, 3.63) is 48.3 Å². The molecular weight excluding hydrogens is 447 g/mol. The number of nitrogens with zero attached hydrogens (tertiary/aromatic N) is 4. The van der Waals surface area contributed by atoms with Crippen molar-refractivity contribution in [3.8, 4) is 0 Å². The summed E-state index contributed by atoms with van der Waals surface area (Å²) in [6.07, 6.45) is -2.98. The molecular formula is C20H22F3N5O5. The van der Waals surface area contributed by atoms with Gasteiger partial charge in [0.05, 0.1) is 0 Å². The summed E-state index contributed by atoms with van der Waals surface area (Å²) in [7, 11) is 0. The first kappa shape index (κ1) is 25.4. The van der Waals surface area contributed by atoms with Crippen LogP contribution in [0.4, 0.5) is 24.8 Å². The minimum absolute atomic E-state index is 0.0213. The van der Waals surface area contributed by atoms with Crippen molar-refractivity contribution in [3.63, 3.8) is 0 Å². The van der Waals surface area contributed by atoms with Gasteiger partial charge in [-0.2, -0.15) is 13.2 Å². The molecule has 0 aromatic carbocycles. The number of carbonyl (C=O) groups excluding carboxylic acids is 1. The third kappa shape index (κ3) is 8.27. The van der Waals surface area contributed by atoms with E-state index in [-0.39, 0.29) is 11.6 Å². The molecule has 0 atom stereocenters. The Hall–Kier alpha value is -3.90. The number of carbonyl (C=O) groups is 3. The van der Waals surface area contributed by atoms with Crippen LogP contribution >= 0.6 is 0 Å². The lowest BCUT2D eigenvalue weighted by molar-refractivity contribution is -0.192. The SMILES string of the molecule is O=C(O)C(F)(F)F.O=C(O)c1cccc(NCCC(=O)N2CCN(c3ccccn3)CC2)n1. The summed E-state index contributed by atoms with van der Waals surface area (Å²) in [5.74, 6) is -2.36. The highest BCUT2D eigenvalue weighted by Crippen LogP contribution is 2.14. The van der Waals surface area contributed by atoms with Crippen LogP contribution in [0.5, 0.6) is 0 Å². The maximum atomic E-state index is 12.3. The van der Waals surface area contributed by atoms with Crippen LogP contribution < -0.4 is 10.2 Å². The van der Waals surface area contributed by atoms with Gasteiger partial charge in [0.1, 0.15) is 11.6 Å². The van der Waals surface area contributed by atoms with Crippen LogP contribution in [0.2, 0.25) is 0 Å². The highest BCUT2D eigenvalue weighted by Gasteiger charge is 2.38. The van der Waals surface area contributed by atoms with E-state index >= 15 is 0 Å². The predicted octanol–water partition coefficient (Wildman–Crippen LogP) is 1.96. The third-order valence-corrected chi connectivity index (χ3v) is 4.46. The highest BCUT2D eigenvalue weighted by atomic mass is 19.4. The van der Waals surface area contributed by atoms with Gasteiger partial charge >= 0.3 is 18.1 Å². The molecule has 3 rings (SSSR count). The van der Waals surface area contributed by atoms with Crippen molar-refractivity contribution < 1.29 is 37.8 Å². The van der Waals surface area contributed by atoms with Gasteiger partial charge in [0.25, 0.3) is 0 Å². The molecule has 0 unspecified atom stereocenters. The largest absolute Gasteiger partial charge is 0.490 e. The van der Waals surface area contributed by atoms with E-state index in [4.69, 9.17) is 15.0 Å². The summed E-state index contributed by atoms with van der Waals surface area (Å²) >= 11 is 0. The lowest BCUT2D eigenvalue weighted by Crippen LogP contribution is -2.49. The molecule has 0 bridgehead atoms. The molecule has 0 radical (unpaired) electrons. The maximum Gasteiger partial charge on any atom is 0.490 e. The van der Waals surface area contributed by atoms with Crippen LogP contribution in [-0.4, -0.2) is 81.8 Å². The molecule has 2 aromatic heterocycles. The Balaban J connectivity index is 0.000000479. The Morgan fingerprint density at radius 1 is 1.00 bits per heavy atom. The summed E-state index contributed by atoms with van der Waals surface area (Å²) in [6, 6.07) is 10.6. The molecule has 1 aliphatic rings. The first-order chi connectivity index (χ1) is 15.6. The van der Waals surface area contributed by atoms with Crippen LogP contribution in [-0.2, 0) is 9.59 Å². The fourth-order valence-electron chi connectivity index (χ4n) is 2.83. The molecule has 1 amide bonds. The van der Waals surface area contributed by atoms with Crippen molar-refractivity contribution in [2.45, 2.75) is 12.6 Å². The first-order valence-corrected chi connectivity index (χ1v) is 9.76. The Bertz CT molecular complexity index is 951. The van der Waals surface area contributed by atoms with Gasteiger partial charge in [0.15, 0.2) is 5.69 Å². The average molecular weight is 469 g/mol. The van der Waals surface area contributed by atoms with E-state index in [1.807, 2.05) is 23.1 Å². The molecule has 1 saturated heterocycles. The molecule has 0 spiro atoms. The van der Waals surface area contributed by atoms with E-state index in [2.05, 4.69) is 20.2 Å². The number of halogens is 3. The Labute approximate surface area is 186 Å². The Morgan fingerprint density at radius 3 is 2.21 bits per heavy atom. The van der Waals surface area contributed by atoms with Gasteiger partial charge in [-0.05, 0) is 24.3 Å². The number of nitrogens with one attached hydrogen (secondary N) is 1. The van der Waals surface area contributed by atoms with Crippen LogP contribution in [0.25, 0.3) is 0 Å². The molecule has 10 nitrogen and oxygen atoms in total. The molecule has 178 valence electrons. The van der Waals surface area contributed by atoms with Crippen molar-refractivity contribution in [2.24, 2.45) is 0 Å². The molecule has 0 saturated carbocycles. The zero-order valence-corrected chi connectivity index (χ0v) is 17.3. The minimum atomic E-state index is -5.08. The molecule has 33 heavy (non-hydrogen) atoms. The maximum absolute atomic E-state index is 12.3. The number of hydrogen-bond acceptors (Lipinski definition) is 7. The number of aromatic nitrogens is 2. The summed E-state index contributed by atoms with van der Waals surface area (Å²) in [5.41, 5.74) is -0.0213. The topological polar surface area (TPSA) is 136 Å². The number of carboxylic acid groups (broad SMARTS) is 2. The van der Waals surface area contributed by atoms with Crippen LogP contribution in [0, 0.1) is 0 Å². The second-order valence-electron chi connectivity index (χ2n) is 6.75. The van der Waals surface area contributed by atoms with Crippen molar-refractivity contribution in [1.82, 2.24) is 14.9 Å². The lowest BCUT2D eigenvalue weighted by Gasteiger charge is -2.35. The van der Waals surface area contributed by atoms with Crippen molar-refractivity contribution in [2.75, 3.05) is 42.9 Å². The average Bonchev–Trinajstić information content (AvgIpc) is 2.79. The van der Waals surface area contributed by atoms with E-state index in [0.717, 1.165) is 18.9 Å². The number of aromatic carboxylic acids is 1. The third-order valence-electron chi connectivity index (χ3n) is 4.46. The van der Waals surface area contributed by atoms with Gasteiger partial charge in [0, 0.05) is 45.3 Å². The molecule has 13 heteroatoms. The first-order valence-electron chi connectivity index (χ1n) is 9.76. The molecule has 1 aliphatic heterocycles.